The summed E-state index contributed by atoms with van der Waals surface area (Å²) in [6.07, 6.45) is 3.40. The molecular weight excluding hydrogens is 224 g/mol. The molecule has 94 valence electrons. The normalized spacial score (nSPS) is 11.9. The maximum Gasteiger partial charge on any atom is 0.326 e. The number of carboxylic acids is 1. The van der Waals surface area contributed by atoms with Gasteiger partial charge in [0.15, 0.2) is 0 Å². The topological polar surface area (TPSA) is 87.5 Å². The number of rotatable bonds is 4. The van der Waals surface area contributed by atoms with Crippen molar-refractivity contribution in [2.45, 2.75) is 19.5 Å². The van der Waals surface area contributed by atoms with Crippen molar-refractivity contribution in [3.8, 4) is 0 Å². The van der Waals surface area contributed by atoms with E-state index in [9.17, 15) is 9.59 Å². The van der Waals surface area contributed by atoms with E-state index in [0.29, 0.717) is 5.82 Å². The van der Waals surface area contributed by atoms with Gasteiger partial charge in [0.2, 0.25) is 0 Å². The Morgan fingerprint density at radius 1 is 1.65 bits per heavy atom. The monoisotopic (exact) mass is 240 g/mol. The second kappa shape index (κ2) is 5.33. The Morgan fingerprint density at radius 2 is 2.29 bits per heavy atom. The van der Waals surface area contributed by atoms with Crippen LogP contribution in [0, 0.1) is 0 Å². The highest BCUT2D eigenvalue weighted by Crippen LogP contribution is 1.98. The van der Waals surface area contributed by atoms with Crippen LogP contribution in [0.3, 0.4) is 0 Å². The van der Waals surface area contributed by atoms with E-state index in [1.165, 1.54) is 14.0 Å². The SMILES string of the molecule is CC(C(=O)O)N(C)C(=O)NCc1nccn1C. The molecule has 0 aliphatic rings. The Bertz CT molecular complexity index is 415. The number of imidazole rings is 1. The molecule has 0 saturated carbocycles. The van der Waals surface area contributed by atoms with E-state index in [-0.39, 0.29) is 6.54 Å². The highest BCUT2D eigenvalue weighted by Gasteiger charge is 2.21. The summed E-state index contributed by atoms with van der Waals surface area (Å²) in [5.41, 5.74) is 0. The van der Waals surface area contributed by atoms with Gasteiger partial charge in [-0.15, -0.1) is 0 Å². The molecular formula is C10H16N4O3. The number of amides is 2. The molecule has 2 amide bonds. The maximum absolute atomic E-state index is 11.6. The number of aryl methyl sites for hydroxylation is 1. The van der Waals surface area contributed by atoms with Crippen molar-refractivity contribution in [1.29, 1.82) is 0 Å². The molecule has 0 radical (unpaired) electrons. The minimum Gasteiger partial charge on any atom is -0.480 e. The van der Waals surface area contributed by atoms with Gasteiger partial charge in [-0.3, -0.25) is 0 Å². The van der Waals surface area contributed by atoms with E-state index in [2.05, 4.69) is 10.3 Å². The summed E-state index contributed by atoms with van der Waals surface area (Å²) in [5, 5.41) is 11.4. The van der Waals surface area contributed by atoms with Crippen LogP contribution in [0.5, 0.6) is 0 Å². The quantitative estimate of drug-likeness (QED) is 0.777. The lowest BCUT2D eigenvalue weighted by Gasteiger charge is -2.21. The van der Waals surface area contributed by atoms with Gasteiger partial charge >= 0.3 is 12.0 Å². The predicted octanol–water partition coefficient (Wildman–Crippen LogP) is 0.0346. The molecule has 0 aliphatic carbocycles. The summed E-state index contributed by atoms with van der Waals surface area (Å²) in [6.45, 7) is 1.71. The third-order valence-corrected chi connectivity index (χ3v) is 2.58. The lowest BCUT2D eigenvalue weighted by atomic mass is 10.3. The van der Waals surface area contributed by atoms with Crippen LogP contribution in [0.1, 0.15) is 12.7 Å². The molecule has 0 aliphatic heterocycles. The van der Waals surface area contributed by atoms with Crippen molar-refractivity contribution in [3.63, 3.8) is 0 Å². The number of hydrogen-bond donors (Lipinski definition) is 2. The highest BCUT2D eigenvalue weighted by molar-refractivity contribution is 5.81. The Hall–Kier alpha value is -2.05. The fourth-order valence-corrected chi connectivity index (χ4v) is 1.19. The van der Waals surface area contributed by atoms with E-state index in [0.717, 1.165) is 4.90 Å². The van der Waals surface area contributed by atoms with Crippen molar-refractivity contribution in [2.24, 2.45) is 7.05 Å². The van der Waals surface area contributed by atoms with Gasteiger partial charge in [0.1, 0.15) is 11.9 Å². The van der Waals surface area contributed by atoms with Crippen molar-refractivity contribution >= 4 is 12.0 Å². The van der Waals surface area contributed by atoms with E-state index in [1.54, 1.807) is 17.0 Å². The predicted molar refractivity (Wildman–Crippen MR) is 60.3 cm³/mol. The van der Waals surface area contributed by atoms with E-state index >= 15 is 0 Å². The zero-order valence-electron chi connectivity index (χ0n) is 10.0. The summed E-state index contributed by atoms with van der Waals surface area (Å²) in [7, 11) is 3.25. The number of hydrogen-bond acceptors (Lipinski definition) is 3. The van der Waals surface area contributed by atoms with Gasteiger partial charge in [-0.2, -0.15) is 0 Å². The number of carboxylic acid groups (broad SMARTS) is 1. The van der Waals surface area contributed by atoms with Crippen LogP contribution >= 0.6 is 0 Å². The number of nitrogens with zero attached hydrogens (tertiary/aromatic N) is 3. The van der Waals surface area contributed by atoms with Crippen molar-refractivity contribution < 1.29 is 14.7 Å². The molecule has 1 heterocycles. The second-order valence-electron chi connectivity index (χ2n) is 3.74. The van der Waals surface area contributed by atoms with Crippen LogP contribution in [-0.2, 0) is 18.4 Å². The zero-order chi connectivity index (χ0) is 13.0. The van der Waals surface area contributed by atoms with Gasteiger partial charge in [0, 0.05) is 26.5 Å². The van der Waals surface area contributed by atoms with Crippen LogP contribution in [0.4, 0.5) is 4.79 Å². The van der Waals surface area contributed by atoms with Crippen molar-refractivity contribution in [3.05, 3.63) is 18.2 Å². The number of carbonyl (C=O) groups is 2. The van der Waals surface area contributed by atoms with Crippen LogP contribution < -0.4 is 5.32 Å². The molecule has 2 N–H and O–H groups in total. The van der Waals surface area contributed by atoms with Crippen molar-refractivity contribution in [2.75, 3.05) is 7.05 Å². The van der Waals surface area contributed by atoms with Crippen LogP contribution in [0.2, 0.25) is 0 Å². The molecule has 0 aromatic carbocycles. The maximum atomic E-state index is 11.6. The van der Waals surface area contributed by atoms with Crippen molar-refractivity contribution in [1.82, 2.24) is 19.8 Å². The Morgan fingerprint density at radius 3 is 2.76 bits per heavy atom. The fraction of sp³-hybridized carbons (Fsp3) is 0.500. The summed E-state index contributed by atoms with van der Waals surface area (Å²) >= 11 is 0. The van der Waals surface area contributed by atoms with Gasteiger partial charge in [-0.1, -0.05) is 0 Å². The number of aromatic nitrogens is 2. The largest absolute Gasteiger partial charge is 0.480 e. The molecule has 7 nitrogen and oxygen atoms in total. The highest BCUT2D eigenvalue weighted by atomic mass is 16.4. The lowest BCUT2D eigenvalue weighted by Crippen LogP contribution is -2.45. The van der Waals surface area contributed by atoms with Crippen LogP contribution in [0.15, 0.2) is 12.4 Å². The minimum atomic E-state index is -1.04. The third kappa shape index (κ3) is 3.20. The molecule has 7 heteroatoms. The molecule has 0 fully saturated rings. The zero-order valence-corrected chi connectivity index (χ0v) is 10.0. The molecule has 0 spiro atoms. The number of carbonyl (C=O) groups excluding carboxylic acids is 1. The van der Waals surface area contributed by atoms with Crippen LogP contribution in [-0.4, -0.2) is 44.6 Å². The molecule has 0 bridgehead atoms. The van der Waals surface area contributed by atoms with Gasteiger partial charge in [-0.25, -0.2) is 14.6 Å². The first-order valence-electron chi connectivity index (χ1n) is 5.13. The Kier molecular flexibility index (Phi) is 4.08. The third-order valence-electron chi connectivity index (χ3n) is 2.58. The van der Waals surface area contributed by atoms with E-state index < -0.39 is 18.0 Å². The second-order valence-corrected chi connectivity index (χ2v) is 3.74. The fourth-order valence-electron chi connectivity index (χ4n) is 1.19. The van der Waals surface area contributed by atoms with Crippen LogP contribution in [0.25, 0.3) is 0 Å². The first-order valence-corrected chi connectivity index (χ1v) is 5.13. The molecule has 1 rings (SSSR count). The molecule has 0 saturated heterocycles. The minimum absolute atomic E-state index is 0.263. The number of urea groups is 1. The van der Waals surface area contributed by atoms with Gasteiger partial charge in [0.25, 0.3) is 0 Å². The Labute approximate surface area is 99.1 Å². The number of aliphatic carboxylic acids is 1. The summed E-state index contributed by atoms with van der Waals surface area (Å²) in [4.78, 5) is 27.5. The number of likely N-dealkylation sites (N-methyl/N-ethyl adjacent to an activating group) is 1. The first-order chi connectivity index (χ1) is 7.93. The van der Waals surface area contributed by atoms with Gasteiger partial charge < -0.3 is 19.9 Å². The summed E-state index contributed by atoms with van der Waals surface area (Å²) in [5.74, 6) is -0.339. The lowest BCUT2D eigenvalue weighted by molar-refractivity contribution is -0.141. The first kappa shape index (κ1) is 13.0. The van der Waals surface area contributed by atoms with E-state index in [4.69, 9.17) is 5.11 Å². The smallest absolute Gasteiger partial charge is 0.326 e. The average Bonchev–Trinajstić information content (AvgIpc) is 2.69. The molecule has 1 atom stereocenters. The summed E-state index contributed by atoms with van der Waals surface area (Å²) in [6, 6.07) is -1.31. The van der Waals surface area contributed by atoms with Gasteiger partial charge in [0.05, 0.1) is 6.54 Å². The Balaban J connectivity index is 2.50. The summed E-state index contributed by atoms with van der Waals surface area (Å²) < 4.78 is 1.78. The van der Waals surface area contributed by atoms with E-state index in [1.807, 2.05) is 7.05 Å². The van der Waals surface area contributed by atoms with Gasteiger partial charge in [-0.05, 0) is 6.92 Å². The average molecular weight is 240 g/mol. The molecule has 1 aromatic rings. The molecule has 17 heavy (non-hydrogen) atoms. The molecule has 1 aromatic heterocycles. The standard InChI is InChI=1S/C10H16N4O3/c1-7(9(15)16)14(3)10(17)12-6-8-11-4-5-13(8)2/h4-5,7H,6H2,1-3H3,(H,12,17)(H,15,16). The molecule has 1 unspecified atom stereocenters. The number of nitrogens with one attached hydrogen (secondary N) is 1.